The zero-order valence-corrected chi connectivity index (χ0v) is 14.1. The molecule has 22 heavy (non-hydrogen) atoms. The van der Waals surface area contributed by atoms with Gasteiger partial charge in [-0.25, -0.2) is 0 Å². The van der Waals surface area contributed by atoms with Gasteiger partial charge in [-0.2, -0.15) is 0 Å². The summed E-state index contributed by atoms with van der Waals surface area (Å²) in [6.07, 6.45) is 5.70. The van der Waals surface area contributed by atoms with Crippen molar-refractivity contribution in [1.29, 1.82) is 0 Å². The predicted molar refractivity (Wildman–Crippen MR) is 87.1 cm³/mol. The molecule has 3 aromatic rings. The Morgan fingerprint density at radius 2 is 1.95 bits per heavy atom. The van der Waals surface area contributed by atoms with Gasteiger partial charge in [0.25, 0.3) is 0 Å². The van der Waals surface area contributed by atoms with Crippen LogP contribution in [0, 0.1) is 6.92 Å². The van der Waals surface area contributed by atoms with E-state index >= 15 is 0 Å². The number of nitrogens with zero attached hydrogens (tertiary/aromatic N) is 2. The van der Waals surface area contributed by atoms with Gasteiger partial charge in [-0.05, 0) is 0 Å². The van der Waals surface area contributed by atoms with Crippen LogP contribution in [-0.2, 0) is 7.05 Å². The summed E-state index contributed by atoms with van der Waals surface area (Å²) in [7, 11) is 2.05. The standard InChI is InChI=1S/C18H15N2OSe/c1-12-9-16-18(22-17-6-4-3-5-15(17)21-16)10-13(12)14-11-19-7-8-20(14)2/h3-11H,1-2H3/q+1. The molecular formula is C18H15N2OSe+. The van der Waals surface area contributed by atoms with Gasteiger partial charge in [0.15, 0.2) is 0 Å². The molecule has 1 aromatic heterocycles. The van der Waals surface area contributed by atoms with E-state index in [2.05, 4.69) is 40.7 Å². The topological polar surface area (TPSA) is 26.0 Å². The molecule has 0 saturated heterocycles. The minimum absolute atomic E-state index is 0.271. The maximum atomic E-state index is 6.07. The zero-order chi connectivity index (χ0) is 15.1. The summed E-state index contributed by atoms with van der Waals surface area (Å²) in [6, 6.07) is 12.7. The number of rotatable bonds is 1. The van der Waals surface area contributed by atoms with Crippen LogP contribution in [0.1, 0.15) is 5.56 Å². The number of hydrogen-bond donors (Lipinski definition) is 0. The van der Waals surface area contributed by atoms with E-state index in [1.165, 1.54) is 20.1 Å². The van der Waals surface area contributed by atoms with E-state index in [9.17, 15) is 0 Å². The predicted octanol–water partition coefficient (Wildman–Crippen LogP) is 1.64. The molecule has 2 aromatic carbocycles. The van der Waals surface area contributed by atoms with Crippen molar-refractivity contribution in [3.8, 4) is 22.8 Å². The van der Waals surface area contributed by atoms with Crippen molar-refractivity contribution in [3.05, 3.63) is 60.6 Å². The van der Waals surface area contributed by atoms with E-state index in [0.717, 1.165) is 17.2 Å². The van der Waals surface area contributed by atoms with Crippen LogP contribution in [-0.4, -0.2) is 19.9 Å². The Bertz CT molecular complexity index is 877. The fraction of sp³-hybridized carbons (Fsp3) is 0.111. The molecular weight excluding hydrogens is 339 g/mol. The van der Waals surface area contributed by atoms with Crippen LogP contribution >= 0.6 is 0 Å². The third-order valence-corrected chi connectivity index (χ3v) is 6.11. The third kappa shape index (κ3) is 2.21. The van der Waals surface area contributed by atoms with E-state index in [1.807, 2.05) is 31.6 Å². The molecule has 108 valence electrons. The number of para-hydroxylation sites is 1. The Morgan fingerprint density at radius 3 is 2.82 bits per heavy atom. The zero-order valence-electron chi connectivity index (χ0n) is 12.4. The van der Waals surface area contributed by atoms with Gasteiger partial charge in [0.2, 0.25) is 0 Å². The molecule has 0 aliphatic carbocycles. The van der Waals surface area contributed by atoms with Crippen molar-refractivity contribution >= 4 is 23.9 Å². The Balaban J connectivity index is 1.84. The molecule has 0 unspecified atom stereocenters. The molecule has 0 atom stereocenters. The number of fused-ring (bicyclic) bond motifs is 2. The fourth-order valence-corrected chi connectivity index (χ4v) is 4.67. The molecule has 0 saturated carbocycles. The van der Waals surface area contributed by atoms with Crippen LogP contribution in [0.25, 0.3) is 11.3 Å². The average Bonchev–Trinajstić information content (AvgIpc) is 2.53. The Kier molecular flexibility index (Phi) is 3.21. The van der Waals surface area contributed by atoms with Gasteiger partial charge < -0.3 is 0 Å². The molecule has 4 heteroatoms. The normalized spacial score (nSPS) is 12.3. The number of aromatic nitrogens is 2. The van der Waals surface area contributed by atoms with Crippen LogP contribution in [0.5, 0.6) is 11.5 Å². The summed E-state index contributed by atoms with van der Waals surface area (Å²) < 4.78 is 10.8. The van der Waals surface area contributed by atoms with E-state index < -0.39 is 0 Å². The molecule has 0 amide bonds. The molecule has 1 aliphatic heterocycles. The second-order valence-electron chi connectivity index (χ2n) is 5.34. The first kappa shape index (κ1) is 13.5. The first-order valence-corrected chi connectivity index (χ1v) is 8.83. The van der Waals surface area contributed by atoms with Crippen LogP contribution in [0.3, 0.4) is 0 Å². The van der Waals surface area contributed by atoms with Gasteiger partial charge >= 0.3 is 135 Å². The van der Waals surface area contributed by atoms with Crippen molar-refractivity contribution in [2.75, 3.05) is 0 Å². The van der Waals surface area contributed by atoms with E-state index in [-0.39, 0.29) is 15.0 Å². The van der Waals surface area contributed by atoms with Crippen LogP contribution in [0.2, 0.25) is 0 Å². The summed E-state index contributed by atoms with van der Waals surface area (Å²) in [5.41, 5.74) is 3.55. The average molecular weight is 354 g/mol. The summed E-state index contributed by atoms with van der Waals surface area (Å²) in [4.78, 5) is 4.26. The van der Waals surface area contributed by atoms with Crippen molar-refractivity contribution in [2.45, 2.75) is 6.92 Å². The van der Waals surface area contributed by atoms with Crippen molar-refractivity contribution in [1.82, 2.24) is 4.98 Å². The summed E-state index contributed by atoms with van der Waals surface area (Å²) in [5, 5.41) is 0. The van der Waals surface area contributed by atoms with E-state index in [0.29, 0.717) is 0 Å². The molecule has 0 fully saturated rings. The SMILES string of the molecule is Cc1cc2c(cc1-c1cncc[n+]1C)[Se]c1ccccc1O2. The molecule has 0 radical (unpaired) electrons. The second kappa shape index (κ2) is 5.24. The van der Waals surface area contributed by atoms with Crippen molar-refractivity contribution in [2.24, 2.45) is 7.05 Å². The summed E-state index contributed by atoms with van der Waals surface area (Å²) in [6.45, 7) is 2.12. The minimum atomic E-state index is 0.271. The van der Waals surface area contributed by atoms with Gasteiger partial charge in [-0.1, -0.05) is 0 Å². The molecule has 4 rings (SSSR count). The number of ether oxygens (including phenoxy) is 1. The Hall–Kier alpha value is -2.16. The van der Waals surface area contributed by atoms with E-state index in [4.69, 9.17) is 4.74 Å². The van der Waals surface area contributed by atoms with Gasteiger partial charge in [-0.15, -0.1) is 0 Å². The molecule has 0 N–H and O–H groups in total. The first-order valence-electron chi connectivity index (χ1n) is 7.12. The summed E-state index contributed by atoms with van der Waals surface area (Å²) in [5.74, 6) is 1.99. The van der Waals surface area contributed by atoms with Gasteiger partial charge in [0, 0.05) is 0 Å². The number of benzene rings is 2. The first-order chi connectivity index (χ1) is 10.7. The van der Waals surface area contributed by atoms with Crippen LogP contribution in [0.15, 0.2) is 55.0 Å². The molecule has 3 nitrogen and oxygen atoms in total. The fourth-order valence-electron chi connectivity index (χ4n) is 2.64. The van der Waals surface area contributed by atoms with Crippen LogP contribution < -0.4 is 18.2 Å². The maximum absolute atomic E-state index is 6.07. The Labute approximate surface area is 135 Å². The summed E-state index contributed by atoms with van der Waals surface area (Å²) >= 11 is 0.271. The quantitative estimate of drug-likeness (QED) is 0.384. The third-order valence-electron chi connectivity index (χ3n) is 3.81. The monoisotopic (exact) mass is 355 g/mol. The molecule has 1 aliphatic rings. The van der Waals surface area contributed by atoms with Crippen molar-refractivity contribution < 1.29 is 9.30 Å². The second-order valence-corrected chi connectivity index (χ2v) is 7.61. The van der Waals surface area contributed by atoms with Gasteiger partial charge in [0.1, 0.15) is 0 Å². The molecule has 2 heterocycles. The molecule has 0 bridgehead atoms. The van der Waals surface area contributed by atoms with Gasteiger partial charge in [-0.3, -0.25) is 0 Å². The number of hydrogen-bond acceptors (Lipinski definition) is 2. The van der Waals surface area contributed by atoms with Crippen molar-refractivity contribution in [3.63, 3.8) is 0 Å². The molecule has 0 spiro atoms. The van der Waals surface area contributed by atoms with Gasteiger partial charge in [0.05, 0.1) is 0 Å². The number of aryl methyl sites for hydroxylation is 2. The van der Waals surface area contributed by atoms with Crippen LogP contribution in [0.4, 0.5) is 0 Å². The van der Waals surface area contributed by atoms with E-state index in [1.54, 1.807) is 6.20 Å². The Morgan fingerprint density at radius 1 is 1.09 bits per heavy atom.